The Balaban J connectivity index is 1.37. The number of carbonyl (C=O) groups is 1. The molecule has 0 aromatic heterocycles. The van der Waals surface area contributed by atoms with Crippen molar-refractivity contribution in [2.45, 2.75) is 31.7 Å². The average molecular weight is 320 g/mol. The van der Waals surface area contributed by atoms with Crippen LogP contribution < -0.4 is 0 Å². The maximum atomic E-state index is 14.5. The molecular formula is C18H22F2N2O. The van der Waals surface area contributed by atoms with Gasteiger partial charge in [-0.05, 0) is 31.4 Å². The molecule has 23 heavy (non-hydrogen) atoms. The lowest BCUT2D eigenvalue weighted by Crippen LogP contribution is -2.59. The summed E-state index contributed by atoms with van der Waals surface area (Å²) >= 11 is 0. The zero-order chi connectivity index (χ0) is 16.1. The minimum atomic E-state index is -2.93. The van der Waals surface area contributed by atoms with Crippen LogP contribution in [-0.4, -0.2) is 47.8 Å². The summed E-state index contributed by atoms with van der Waals surface area (Å²) in [6, 6.07) is 9.65. The van der Waals surface area contributed by atoms with Gasteiger partial charge in [-0.2, -0.15) is 0 Å². The largest absolute Gasteiger partial charge is 0.341 e. The SMILES string of the molecule is O=C(C1CCN(Cc2ccccc2)CC1(F)F)N1CC2(CC2)C1. The van der Waals surface area contributed by atoms with Crippen LogP contribution in [0.1, 0.15) is 24.8 Å². The van der Waals surface area contributed by atoms with Crippen molar-refractivity contribution in [1.29, 1.82) is 0 Å². The summed E-state index contributed by atoms with van der Waals surface area (Å²) in [6.45, 7) is 2.15. The molecule has 1 unspecified atom stereocenters. The highest BCUT2D eigenvalue weighted by molar-refractivity contribution is 5.81. The van der Waals surface area contributed by atoms with Gasteiger partial charge in [-0.15, -0.1) is 0 Å². The molecule has 1 amide bonds. The molecule has 124 valence electrons. The van der Waals surface area contributed by atoms with Gasteiger partial charge in [0.15, 0.2) is 0 Å². The zero-order valence-corrected chi connectivity index (χ0v) is 13.2. The maximum Gasteiger partial charge on any atom is 0.272 e. The number of hydrogen-bond donors (Lipinski definition) is 0. The Hall–Kier alpha value is -1.49. The van der Waals surface area contributed by atoms with E-state index >= 15 is 0 Å². The molecule has 2 heterocycles. The molecule has 1 spiro atoms. The first-order valence-corrected chi connectivity index (χ1v) is 8.40. The van der Waals surface area contributed by atoms with E-state index in [2.05, 4.69) is 0 Å². The molecule has 1 saturated carbocycles. The minimum absolute atomic E-state index is 0.252. The van der Waals surface area contributed by atoms with Gasteiger partial charge in [-0.25, -0.2) is 8.78 Å². The molecule has 1 atom stereocenters. The second-order valence-electron chi connectivity index (χ2n) is 7.49. The highest BCUT2D eigenvalue weighted by Crippen LogP contribution is 2.53. The van der Waals surface area contributed by atoms with Gasteiger partial charge in [-0.3, -0.25) is 9.69 Å². The van der Waals surface area contributed by atoms with Gasteiger partial charge >= 0.3 is 0 Å². The van der Waals surface area contributed by atoms with Crippen molar-refractivity contribution in [2.24, 2.45) is 11.3 Å². The Labute approximate surface area is 135 Å². The molecule has 5 heteroatoms. The molecule has 1 aliphatic carbocycles. The number of likely N-dealkylation sites (tertiary alicyclic amines) is 2. The number of amides is 1. The summed E-state index contributed by atoms with van der Waals surface area (Å²) < 4.78 is 29.0. The summed E-state index contributed by atoms with van der Waals surface area (Å²) in [5.74, 6) is -4.39. The normalized spacial score (nSPS) is 28.4. The number of piperidine rings is 1. The Morgan fingerprint density at radius 1 is 1.13 bits per heavy atom. The Morgan fingerprint density at radius 2 is 1.83 bits per heavy atom. The third kappa shape index (κ3) is 2.87. The molecule has 2 saturated heterocycles. The van der Waals surface area contributed by atoms with Crippen LogP contribution in [0.3, 0.4) is 0 Å². The van der Waals surface area contributed by atoms with E-state index in [0.29, 0.717) is 31.6 Å². The molecule has 1 aromatic rings. The number of carbonyl (C=O) groups excluding carboxylic acids is 1. The molecule has 3 nitrogen and oxygen atoms in total. The van der Waals surface area contributed by atoms with Gasteiger partial charge in [0.2, 0.25) is 5.91 Å². The number of halogens is 2. The monoisotopic (exact) mass is 320 g/mol. The Bertz CT molecular complexity index is 592. The first-order chi connectivity index (χ1) is 11.0. The number of hydrogen-bond acceptors (Lipinski definition) is 2. The predicted octanol–water partition coefficient (Wildman–Crippen LogP) is 2.77. The van der Waals surface area contributed by atoms with Crippen LogP contribution in [0.2, 0.25) is 0 Å². The smallest absolute Gasteiger partial charge is 0.272 e. The van der Waals surface area contributed by atoms with Crippen molar-refractivity contribution in [3.05, 3.63) is 35.9 Å². The lowest BCUT2D eigenvalue weighted by molar-refractivity contribution is -0.168. The summed E-state index contributed by atoms with van der Waals surface area (Å²) in [6.07, 6.45) is 2.56. The molecule has 2 aliphatic heterocycles. The van der Waals surface area contributed by atoms with Crippen LogP contribution in [0.5, 0.6) is 0 Å². The van der Waals surface area contributed by atoms with Gasteiger partial charge in [-0.1, -0.05) is 30.3 Å². The summed E-state index contributed by atoms with van der Waals surface area (Å²) in [7, 11) is 0. The fourth-order valence-corrected chi connectivity index (χ4v) is 3.92. The van der Waals surface area contributed by atoms with Crippen LogP contribution in [0, 0.1) is 11.3 Å². The van der Waals surface area contributed by atoms with E-state index in [9.17, 15) is 13.6 Å². The highest BCUT2D eigenvalue weighted by atomic mass is 19.3. The fourth-order valence-electron chi connectivity index (χ4n) is 3.92. The van der Waals surface area contributed by atoms with Crippen LogP contribution in [0.15, 0.2) is 30.3 Å². The summed E-state index contributed by atoms with van der Waals surface area (Å²) in [5.41, 5.74) is 1.35. The number of rotatable bonds is 3. The first-order valence-electron chi connectivity index (χ1n) is 8.40. The number of benzene rings is 1. The molecule has 4 rings (SSSR count). The summed E-state index contributed by atoms with van der Waals surface area (Å²) in [4.78, 5) is 15.8. The molecule has 0 N–H and O–H groups in total. The average Bonchev–Trinajstić information content (AvgIpc) is 3.26. The Morgan fingerprint density at radius 3 is 2.43 bits per heavy atom. The van der Waals surface area contributed by atoms with Crippen molar-refractivity contribution in [2.75, 3.05) is 26.2 Å². The van der Waals surface area contributed by atoms with Crippen LogP contribution in [0.4, 0.5) is 8.78 Å². The standard InChI is InChI=1S/C18H22F2N2O/c19-18(20)13-21(10-14-4-2-1-3-5-14)9-6-15(18)16(23)22-11-17(12-22)7-8-17/h1-5,15H,6-13H2. The van der Waals surface area contributed by atoms with E-state index in [1.165, 1.54) is 0 Å². The first kappa shape index (κ1) is 15.1. The highest BCUT2D eigenvalue weighted by Gasteiger charge is 2.57. The van der Waals surface area contributed by atoms with Crippen LogP contribution >= 0.6 is 0 Å². The van der Waals surface area contributed by atoms with E-state index in [-0.39, 0.29) is 18.9 Å². The van der Waals surface area contributed by atoms with E-state index in [1.54, 1.807) is 9.80 Å². The van der Waals surface area contributed by atoms with Crippen molar-refractivity contribution in [3.63, 3.8) is 0 Å². The van der Waals surface area contributed by atoms with Crippen molar-refractivity contribution >= 4 is 5.91 Å². The second kappa shape index (κ2) is 5.26. The van der Waals surface area contributed by atoms with Crippen molar-refractivity contribution in [3.8, 4) is 0 Å². The Kier molecular flexibility index (Phi) is 3.45. The fraction of sp³-hybridized carbons (Fsp3) is 0.611. The number of alkyl halides is 2. The van der Waals surface area contributed by atoms with Crippen LogP contribution in [0.25, 0.3) is 0 Å². The molecular weight excluding hydrogens is 298 g/mol. The lowest BCUT2D eigenvalue weighted by atomic mass is 9.87. The maximum absolute atomic E-state index is 14.5. The molecule has 1 aromatic carbocycles. The van der Waals surface area contributed by atoms with E-state index in [1.807, 2.05) is 30.3 Å². The lowest BCUT2D eigenvalue weighted by Gasteiger charge is -2.45. The third-order valence-corrected chi connectivity index (χ3v) is 5.55. The van der Waals surface area contributed by atoms with E-state index in [4.69, 9.17) is 0 Å². The zero-order valence-electron chi connectivity index (χ0n) is 13.2. The third-order valence-electron chi connectivity index (χ3n) is 5.55. The van der Waals surface area contributed by atoms with Gasteiger partial charge in [0.25, 0.3) is 5.92 Å². The quantitative estimate of drug-likeness (QED) is 0.855. The second-order valence-corrected chi connectivity index (χ2v) is 7.49. The van der Waals surface area contributed by atoms with Gasteiger partial charge in [0, 0.05) is 25.0 Å². The van der Waals surface area contributed by atoms with Crippen LogP contribution in [-0.2, 0) is 11.3 Å². The van der Waals surface area contributed by atoms with Crippen molar-refractivity contribution in [1.82, 2.24) is 9.80 Å². The number of nitrogens with zero attached hydrogens (tertiary/aromatic N) is 2. The summed E-state index contributed by atoms with van der Waals surface area (Å²) in [5, 5.41) is 0. The topological polar surface area (TPSA) is 23.6 Å². The molecule has 3 aliphatic rings. The predicted molar refractivity (Wildman–Crippen MR) is 83.0 cm³/mol. The van der Waals surface area contributed by atoms with Crippen molar-refractivity contribution < 1.29 is 13.6 Å². The minimum Gasteiger partial charge on any atom is -0.341 e. The van der Waals surface area contributed by atoms with E-state index in [0.717, 1.165) is 18.4 Å². The molecule has 3 fully saturated rings. The van der Waals surface area contributed by atoms with Gasteiger partial charge in [0.05, 0.1) is 6.54 Å². The molecule has 0 radical (unpaired) electrons. The van der Waals surface area contributed by atoms with E-state index < -0.39 is 11.8 Å². The van der Waals surface area contributed by atoms with Gasteiger partial charge < -0.3 is 4.90 Å². The molecule has 0 bridgehead atoms. The van der Waals surface area contributed by atoms with Gasteiger partial charge in [0.1, 0.15) is 5.92 Å².